The van der Waals surface area contributed by atoms with Gasteiger partial charge in [-0.1, -0.05) is 19.4 Å². The first-order valence-electron chi connectivity index (χ1n) is 9.08. The van der Waals surface area contributed by atoms with E-state index in [4.69, 9.17) is 4.74 Å². The zero-order valence-electron chi connectivity index (χ0n) is 15.9. The lowest BCUT2D eigenvalue weighted by molar-refractivity contribution is -0.161. The summed E-state index contributed by atoms with van der Waals surface area (Å²) in [5.41, 5.74) is -5.01. The molecule has 156 valence electrons. The number of esters is 1. The Morgan fingerprint density at radius 1 is 1.21 bits per heavy atom. The van der Waals surface area contributed by atoms with E-state index in [1.54, 1.807) is 6.07 Å². The maximum Gasteiger partial charge on any atom is 0.534 e. The number of benzene rings is 1. The van der Waals surface area contributed by atoms with E-state index in [9.17, 15) is 26.4 Å². The molecule has 9 heteroatoms. The fourth-order valence-corrected chi connectivity index (χ4v) is 5.59. The highest BCUT2D eigenvalue weighted by atomic mass is 32.2. The number of halogens is 3. The number of alkyl halides is 3. The van der Waals surface area contributed by atoms with E-state index in [1.807, 2.05) is 13.8 Å². The molecule has 0 spiro atoms. The van der Waals surface area contributed by atoms with Gasteiger partial charge in [0.25, 0.3) is 0 Å². The van der Waals surface area contributed by atoms with E-state index < -0.39 is 26.5 Å². The molecular weight excluding hydrogens is 397 g/mol. The summed E-state index contributed by atoms with van der Waals surface area (Å²) in [5.74, 6) is -0.731. The minimum Gasteiger partial charge on any atom is -0.469 e. The highest BCUT2D eigenvalue weighted by molar-refractivity contribution is 7.88. The van der Waals surface area contributed by atoms with Crippen molar-refractivity contribution in [1.29, 1.82) is 0 Å². The van der Waals surface area contributed by atoms with Crippen LogP contribution in [0.1, 0.15) is 50.7 Å². The molecule has 2 aliphatic carbocycles. The summed E-state index contributed by atoms with van der Waals surface area (Å²) in [6.45, 7) is 3.86. The second kappa shape index (κ2) is 6.64. The molecule has 1 aromatic carbocycles. The first-order chi connectivity index (χ1) is 12.8. The largest absolute Gasteiger partial charge is 0.534 e. The van der Waals surface area contributed by atoms with Crippen molar-refractivity contribution in [2.75, 3.05) is 7.11 Å². The number of carbonyl (C=O) groups is 1. The van der Waals surface area contributed by atoms with Crippen LogP contribution in [-0.4, -0.2) is 27.0 Å². The smallest absolute Gasteiger partial charge is 0.469 e. The molecule has 0 radical (unpaired) electrons. The van der Waals surface area contributed by atoms with E-state index >= 15 is 0 Å². The zero-order valence-corrected chi connectivity index (χ0v) is 16.7. The SMILES string of the molecule is COC(=O)[C@@]1(C)CCC[C@]2(C)c3cc(OS(=O)(=O)C(F)(F)F)ccc3CC[C@@H]12. The average Bonchev–Trinajstić information content (AvgIpc) is 2.60. The first kappa shape index (κ1) is 21.0. The Morgan fingerprint density at radius 3 is 2.50 bits per heavy atom. The second-order valence-corrected chi connectivity index (χ2v) is 9.61. The Morgan fingerprint density at radius 2 is 1.89 bits per heavy atom. The number of carbonyl (C=O) groups excluding carboxylic acids is 1. The topological polar surface area (TPSA) is 69.7 Å². The number of aryl methyl sites for hydroxylation is 1. The van der Waals surface area contributed by atoms with Crippen molar-refractivity contribution in [2.45, 2.75) is 56.9 Å². The van der Waals surface area contributed by atoms with Gasteiger partial charge < -0.3 is 8.92 Å². The van der Waals surface area contributed by atoms with Gasteiger partial charge in [-0.3, -0.25) is 4.79 Å². The molecule has 0 amide bonds. The quantitative estimate of drug-likeness (QED) is 0.418. The summed E-state index contributed by atoms with van der Waals surface area (Å²) >= 11 is 0. The number of ether oxygens (including phenoxy) is 1. The second-order valence-electron chi connectivity index (χ2n) is 8.07. The van der Waals surface area contributed by atoms with Crippen LogP contribution in [-0.2, 0) is 31.5 Å². The van der Waals surface area contributed by atoms with Gasteiger partial charge in [0, 0.05) is 0 Å². The molecule has 28 heavy (non-hydrogen) atoms. The van der Waals surface area contributed by atoms with E-state index in [0.717, 1.165) is 30.4 Å². The van der Waals surface area contributed by atoms with Crippen molar-refractivity contribution in [3.05, 3.63) is 29.3 Å². The lowest BCUT2D eigenvalue weighted by atomic mass is 9.50. The van der Waals surface area contributed by atoms with Gasteiger partial charge >= 0.3 is 21.6 Å². The number of fused-ring (bicyclic) bond motifs is 3. The average molecular weight is 420 g/mol. The van der Waals surface area contributed by atoms with E-state index in [2.05, 4.69) is 4.18 Å². The van der Waals surface area contributed by atoms with Crippen LogP contribution in [0, 0.1) is 11.3 Å². The van der Waals surface area contributed by atoms with Crippen LogP contribution in [0.25, 0.3) is 0 Å². The molecule has 1 fully saturated rings. The highest BCUT2D eigenvalue weighted by Gasteiger charge is 2.56. The van der Waals surface area contributed by atoms with E-state index in [-0.39, 0.29) is 17.6 Å². The summed E-state index contributed by atoms with van der Waals surface area (Å²) in [4.78, 5) is 12.5. The summed E-state index contributed by atoms with van der Waals surface area (Å²) in [6.07, 6.45) is 3.56. The van der Waals surface area contributed by atoms with Crippen molar-refractivity contribution < 1.29 is 35.3 Å². The molecule has 0 N–H and O–H groups in total. The molecule has 0 heterocycles. The molecule has 3 atom stereocenters. The maximum atomic E-state index is 12.7. The fraction of sp³-hybridized carbons (Fsp3) is 0.632. The van der Waals surface area contributed by atoms with Crippen LogP contribution in [0.5, 0.6) is 5.75 Å². The van der Waals surface area contributed by atoms with Crippen LogP contribution in [0.2, 0.25) is 0 Å². The van der Waals surface area contributed by atoms with Crippen LogP contribution in [0.3, 0.4) is 0 Å². The number of methoxy groups -OCH3 is 1. The molecule has 0 unspecified atom stereocenters. The predicted molar refractivity (Wildman–Crippen MR) is 95.2 cm³/mol. The van der Waals surface area contributed by atoms with E-state index in [1.165, 1.54) is 19.2 Å². The molecule has 5 nitrogen and oxygen atoms in total. The molecule has 0 aromatic heterocycles. The minimum absolute atomic E-state index is 0.0665. The number of rotatable bonds is 3. The van der Waals surface area contributed by atoms with Gasteiger partial charge in [0.15, 0.2) is 0 Å². The van der Waals surface area contributed by atoms with Crippen molar-refractivity contribution in [3.63, 3.8) is 0 Å². The Bertz CT molecular complexity index is 895. The highest BCUT2D eigenvalue weighted by Crippen LogP contribution is 2.58. The Kier molecular flexibility index (Phi) is 4.97. The maximum absolute atomic E-state index is 12.7. The lowest BCUT2D eigenvalue weighted by Crippen LogP contribution is -2.52. The number of hydrogen-bond donors (Lipinski definition) is 0. The zero-order chi connectivity index (χ0) is 21.0. The summed E-state index contributed by atoms with van der Waals surface area (Å²) < 4.78 is 70.1. The summed E-state index contributed by atoms with van der Waals surface area (Å²) in [6, 6.07) is 4.24. The summed E-state index contributed by atoms with van der Waals surface area (Å²) in [5, 5.41) is 0. The summed E-state index contributed by atoms with van der Waals surface area (Å²) in [7, 11) is -4.39. The van der Waals surface area contributed by atoms with Gasteiger partial charge in [-0.05, 0) is 67.2 Å². The van der Waals surface area contributed by atoms with Crippen LogP contribution >= 0.6 is 0 Å². The van der Waals surface area contributed by atoms with Gasteiger partial charge in [0.1, 0.15) is 5.75 Å². The predicted octanol–water partition coefficient (Wildman–Crippen LogP) is 4.10. The third kappa shape index (κ3) is 3.17. The molecule has 0 aliphatic heterocycles. The third-order valence-corrected chi connectivity index (χ3v) is 7.45. The van der Waals surface area contributed by atoms with Crippen LogP contribution < -0.4 is 4.18 Å². The van der Waals surface area contributed by atoms with Gasteiger partial charge in [-0.2, -0.15) is 21.6 Å². The first-order valence-corrected chi connectivity index (χ1v) is 10.5. The Hall–Kier alpha value is -1.77. The Labute approximate surface area is 162 Å². The van der Waals surface area contributed by atoms with Gasteiger partial charge in [-0.25, -0.2) is 0 Å². The number of hydrogen-bond acceptors (Lipinski definition) is 5. The van der Waals surface area contributed by atoms with Crippen molar-refractivity contribution >= 4 is 16.1 Å². The molecule has 0 saturated heterocycles. The van der Waals surface area contributed by atoms with Crippen LogP contribution in [0.4, 0.5) is 13.2 Å². The molecule has 2 aliphatic rings. The normalized spacial score (nSPS) is 30.1. The Balaban J connectivity index is 2.04. The van der Waals surface area contributed by atoms with Gasteiger partial charge in [0.2, 0.25) is 0 Å². The van der Waals surface area contributed by atoms with E-state index in [0.29, 0.717) is 12.8 Å². The molecule has 3 rings (SSSR count). The lowest BCUT2D eigenvalue weighted by Gasteiger charge is -2.54. The molecule has 1 saturated carbocycles. The van der Waals surface area contributed by atoms with Gasteiger partial charge in [-0.15, -0.1) is 0 Å². The van der Waals surface area contributed by atoms with Crippen molar-refractivity contribution in [1.82, 2.24) is 0 Å². The minimum atomic E-state index is -5.74. The monoisotopic (exact) mass is 420 g/mol. The third-order valence-electron chi connectivity index (χ3n) is 6.47. The molecular formula is C19H23F3O5S. The molecule has 1 aromatic rings. The fourth-order valence-electron chi connectivity index (χ4n) is 5.14. The standard InChI is InChI=1S/C19H23F3O5S/c1-17-9-4-10-18(2,16(23)26-3)15(17)8-6-12-5-7-13(11-14(12)17)27-28(24,25)19(20,21)22/h5,7,11,15H,4,6,8-10H2,1-3H3/t15-,17-,18+/m1/s1. The van der Waals surface area contributed by atoms with Gasteiger partial charge in [0.05, 0.1) is 12.5 Å². The van der Waals surface area contributed by atoms with Crippen molar-refractivity contribution in [2.24, 2.45) is 11.3 Å². The molecule has 0 bridgehead atoms. The van der Waals surface area contributed by atoms with Crippen LogP contribution in [0.15, 0.2) is 18.2 Å². The van der Waals surface area contributed by atoms with Crippen molar-refractivity contribution in [3.8, 4) is 5.75 Å².